The molecule has 8 nitrogen and oxygen atoms in total. The van der Waals surface area contributed by atoms with Crippen molar-refractivity contribution in [3.63, 3.8) is 0 Å². The standard InChI is InChI=1S/C10H13N7O/c1-6(9-14-16-17-15-9)13-10(18)8-3-2-7(4-11)5-12-8/h2-3,5-6H,4,11H2,1H3,(H,13,18)(H,14,15,16,17). The summed E-state index contributed by atoms with van der Waals surface area (Å²) < 4.78 is 0. The first-order valence-corrected chi connectivity index (χ1v) is 5.40. The molecular formula is C10H13N7O. The van der Waals surface area contributed by atoms with Gasteiger partial charge in [0.2, 0.25) is 0 Å². The van der Waals surface area contributed by atoms with Gasteiger partial charge < -0.3 is 11.1 Å². The van der Waals surface area contributed by atoms with Crippen LogP contribution in [0.3, 0.4) is 0 Å². The van der Waals surface area contributed by atoms with Crippen LogP contribution in [0.5, 0.6) is 0 Å². The Morgan fingerprint density at radius 2 is 2.39 bits per heavy atom. The van der Waals surface area contributed by atoms with Gasteiger partial charge in [0, 0.05) is 12.7 Å². The lowest BCUT2D eigenvalue weighted by Crippen LogP contribution is -2.28. The second kappa shape index (κ2) is 5.32. The monoisotopic (exact) mass is 247 g/mol. The van der Waals surface area contributed by atoms with E-state index < -0.39 is 0 Å². The minimum atomic E-state index is -0.341. The van der Waals surface area contributed by atoms with E-state index in [4.69, 9.17) is 5.73 Å². The highest BCUT2D eigenvalue weighted by molar-refractivity contribution is 5.92. The summed E-state index contributed by atoms with van der Waals surface area (Å²) in [5, 5.41) is 16.1. The van der Waals surface area contributed by atoms with Gasteiger partial charge in [0.05, 0.1) is 6.04 Å². The second-order valence-corrected chi connectivity index (χ2v) is 3.72. The van der Waals surface area contributed by atoms with E-state index in [9.17, 15) is 4.79 Å². The number of carbonyl (C=O) groups is 1. The van der Waals surface area contributed by atoms with Crippen LogP contribution >= 0.6 is 0 Å². The Balaban J connectivity index is 2.03. The number of tetrazole rings is 1. The minimum absolute atomic E-state index is 0.295. The number of hydrogen-bond donors (Lipinski definition) is 3. The number of aromatic nitrogens is 5. The molecule has 0 radical (unpaired) electrons. The van der Waals surface area contributed by atoms with E-state index in [1.165, 1.54) is 0 Å². The predicted octanol–water partition coefficient (Wildman–Crippen LogP) is -0.456. The fourth-order valence-electron chi connectivity index (χ4n) is 1.37. The normalized spacial score (nSPS) is 12.1. The van der Waals surface area contributed by atoms with Crippen molar-refractivity contribution in [3.8, 4) is 0 Å². The summed E-state index contributed by atoms with van der Waals surface area (Å²) in [6.45, 7) is 2.16. The van der Waals surface area contributed by atoms with Crippen molar-refractivity contribution in [1.29, 1.82) is 0 Å². The summed E-state index contributed by atoms with van der Waals surface area (Å²) in [5.74, 6) is 0.123. The molecule has 0 aromatic carbocycles. The zero-order valence-corrected chi connectivity index (χ0v) is 9.79. The van der Waals surface area contributed by atoms with Crippen LogP contribution in [-0.4, -0.2) is 31.5 Å². The van der Waals surface area contributed by atoms with Crippen molar-refractivity contribution in [3.05, 3.63) is 35.4 Å². The summed E-state index contributed by atoms with van der Waals surface area (Å²) >= 11 is 0. The number of aromatic amines is 1. The van der Waals surface area contributed by atoms with Gasteiger partial charge in [-0.25, -0.2) is 0 Å². The van der Waals surface area contributed by atoms with E-state index >= 15 is 0 Å². The highest BCUT2D eigenvalue weighted by atomic mass is 16.1. The van der Waals surface area contributed by atoms with Crippen LogP contribution in [0.4, 0.5) is 0 Å². The lowest BCUT2D eigenvalue weighted by atomic mass is 10.2. The average Bonchev–Trinajstić information content (AvgIpc) is 2.92. The molecule has 1 amide bonds. The molecule has 0 spiro atoms. The van der Waals surface area contributed by atoms with E-state index in [-0.39, 0.29) is 11.9 Å². The van der Waals surface area contributed by atoms with E-state index in [0.29, 0.717) is 18.1 Å². The topological polar surface area (TPSA) is 122 Å². The summed E-state index contributed by atoms with van der Waals surface area (Å²) in [5.41, 5.74) is 6.65. The first kappa shape index (κ1) is 12.1. The third kappa shape index (κ3) is 2.66. The Kier molecular flexibility index (Phi) is 3.58. The van der Waals surface area contributed by atoms with Gasteiger partial charge in [0.1, 0.15) is 5.69 Å². The van der Waals surface area contributed by atoms with Gasteiger partial charge in [0.15, 0.2) is 5.82 Å². The molecule has 0 bridgehead atoms. The maximum absolute atomic E-state index is 11.9. The number of amides is 1. The smallest absolute Gasteiger partial charge is 0.270 e. The number of nitrogens with zero attached hydrogens (tertiary/aromatic N) is 4. The van der Waals surface area contributed by atoms with Crippen molar-refractivity contribution in [2.75, 3.05) is 0 Å². The molecule has 8 heteroatoms. The van der Waals surface area contributed by atoms with Crippen LogP contribution in [0.15, 0.2) is 18.3 Å². The van der Waals surface area contributed by atoms with Gasteiger partial charge in [-0.15, -0.1) is 10.2 Å². The van der Waals surface area contributed by atoms with Crippen LogP contribution < -0.4 is 11.1 Å². The van der Waals surface area contributed by atoms with Crippen molar-refractivity contribution in [2.45, 2.75) is 19.5 Å². The van der Waals surface area contributed by atoms with Crippen molar-refractivity contribution < 1.29 is 4.79 Å². The largest absolute Gasteiger partial charge is 0.341 e. The highest BCUT2D eigenvalue weighted by Gasteiger charge is 2.15. The Hall–Kier alpha value is -2.35. The van der Waals surface area contributed by atoms with Gasteiger partial charge in [0.25, 0.3) is 5.91 Å². The maximum Gasteiger partial charge on any atom is 0.270 e. The van der Waals surface area contributed by atoms with Crippen LogP contribution in [0.1, 0.15) is 34.8 Å². The van der Waals surface area contributed by atoms with Gasteiger partial charge in [-0.2, -0.15) is 5.21 Å². The number of rotatable bonds is 4. The number of pyridine rings is 1. The molecule has 18 heavy (non-hydrogen) atoms. The second-order valence-electron chi connectivity index (χ2n) is 3.72. The SMILES string of the molecule is CC(NC(=O)c1ccc(CN)cn1)c1nn[nH]n1. The first-order valence-electron chi connectivity index (χ1n) is 5.40. The number of carbonyl (C=O) groups excluding carboxylic acids is 1. The van der Waals surface area contributed by atoms with Crippen LogP contribution in [0.25, 0.3) is 0 Å². The molecule has 0 aliphatic heterocycles. The summed E-state index contributed by atoms with van der Waals surface area (Å²) in [6, 6.07) is 3.05. The molecule has 0 aliphatic rings. The van der Waals surface area contributed by atoms with Crippen LogP contribution in [0.2, 0.25) is 0 Å². The van der Waals surface area contributed by atoms with Crippen molar-refractivity contribution >= 4 is 5.91 Å². The number of nitrogens with two attached hydrogens (primary N) is 1. The zero-order valence-electron chi connectivity index (χ0n) is 9.79. The third-order valence-electron chi connectivity index (χ3n) is 2.39. The van der Waals surface area contributed by atoms with Gasteiger partial charge >= 0.3 is 0 Å². The first-order chi connectivity index (χ1) is 8.70. The van der Waals surface area contributed by atoms with E-state index in [1.807, 2.05) is 0 Å². The molecule has 0 fully saturated rings. The average molecular weight is 247 g/mol. The van der Waals surface area contributed by atoms with Crippen LogP contribution in [0, 0.1) is 0 Å². The van der Waals surface area contributed by atoms with E-state index in [0.717, 1.165) is 5.56 Å². The molecule has 0 saturated carbocycles. The fourth-order valence-corrected chi connectivity index (χ4v) is 1.37. The Morgan fingerprint density at radius 3 is 2.94 bits per heavy atom. The Morgan fingerprint density at radius 1 is 1.56 bits per heavy atom. The summed E-state index contributed by atoms with van der Waals surface area (Å²) in [7, 11) is 0. The van der Waals surface area contributed by atoms with E-state index in [2.05, 4.69) is 30.9 Å². The Labute approximate surface area is 103 Å². The maximum atomic E-state index is 11.9. The molecule has 0 aliphatic carbocycles. The van der Waals surface area contributed by atoms with Gasteiger partial charge in [-0.3, -0.25) is 9.78 Å². The fraction of sp³-hybridized carbons (Fsp3) is 0.300. The number of H-pyrrole nitrogens is 1. The molecule has 1 unspecified atom stereocenters. The molecule has 2 aromatic rings. The molecular weight excluding hydrogens is 234 g/mol. The lowest BCUT2D eigenvalue weighted by Gasteiger charge is -2.09. The molecule has 1 atom stereocenters. The predicted molar refractivity (Wildman–Crippen MR) is 62.2 cm³/mol. The van der Waals surface area contributed by atoms with Gasteiger partial charge in [-0.05, 0) is 18.6 Å². The minimum Gasteiger partial charge on any atom is -0.341 e. The van der Waals surface area contributed by atoms with Crippen molar-refractivity contribution in [2.24, 2.45) is 5.73 Å². The molecule has 4 N–H and O–H groups in total. The summed E-state index contributed by atoms with van der Waals surface area (Å²) in [4.78, 5) is 15.9. The van der Waals surface area contributed by atoms with Gasteiger partial charge in [-0.1, -0.05) is 11.3 Å². The number of hydrogen-bond acceptors (Lipinski definition) is 6. The van der Waals surface area contributed by atoms with Crippen molar-refractivity contribution in [1.82, 2.24) is 30.9 Å². The number of nitrogens with one attached hydrogen (secondary N) is 2. The third-order valence-corrected chi connectivity index (χ3v) is 2.39. The Bertz CT molecular complexity index is 508. The molecule has 2 aromatic heterocycles. The quantitative estimate of drug-likeness (QED) is 0.672. The zero-order chi connectivity index (χ0) is 13.0. The highest BCUT2D eigenvalue weighted by Crippen LogP contribution is 2.05. The van der Waals surface area contributed by atoms with Crippen LogP contribution in [-0.2, 0) is 6.54 Å². The molecule has 2 heterocycles. The lowest BCUT2D eigenvalue weighted by molar-refractivity contribution is 0.0933. The summed E-state index contributed by atoms with van der Waals surface area (Å²) in [6.07, 6.45) is 1.58. The van der Waals surface area contributed by atoms with E-state index in [1.54, 1.807) is 25.3 Å². The molecule has 2 rings (SSSR count). The molecule has 94 valence electrons. The molecule has 0 saturated heterocycles.